The molecule has 7 nitrogen and oxygen atoms in total. The van der Waals surface area contributed by atoms with E-state index in [2.05, 4.69) is 5.32 Å². The summed E-state index contributed by atoms with van der Waals surface area (Å²) in [6, 6.07) is 8.71. The Kier molecular flexibility index (Phi) is 7.79. The highest BCUT2D eigenvalue weighted by atomic mass is 32.2. The van der Waals surface area contributed by atoms with Crippen LogP contribution >= 0.6 is 0 Å². The Balaban J connectivity index is 2.08. The van der Waals surface area contributed by atoms with Gasteiger partial charge in [0.15, 0.2) is 0 Å². The summed E-state index contributed by atoms with van der Waals surface area (Å²) in [7, 11) is -2.01. The van der Waals surface area contributed by atoms with E-state index in [1.165, 1.54) is 11.4 Å². The number of rotatable bonds is 8. The van der Waals surface area contributed by atoms with Gasteiger partial charge >= 0.3 is 5.97 Å². The van der Waals surface area contributed by atoms with Gasteiger partial charge in [-0.2, -0.15) is 0 Å². The van der Waals surface area contributed by atoms with Crippen molar-refractivity contribution in [3.8, 4) is 0 Å². The van der Waals surface area contributed by atoms with Crippen molar-refractivity contribution in [2.24, 2.45) is 5.92 Å². The maximum atomic E-state index is 12.8. The Morgan fingerprint density at radius 3 is 2.63 bits per heavy atom. The third kappa shape index (κ3) is 6.04. The van der Waals surface area contributed by atoms with E-state index >= 15 is 0 Å². The largest absolute Gasteiger partial charge is 0.469 e. The molecule has 1 heterocycles. The molecular formula is C19H28N2O5S. The summed E-state index contributed by atoms with van der Waals surface area (Å²) in [6.07, 6.45) is 1.85. The van der Waals surface area contributed by atoms with Crippen molar-refractivity contribution in [1.29, 1.82) is 0 Å². The Morgan fingerprint density at radius 1 is 1.30 bits per heavy atom. The van der Waals surface area contributed by atoms with E-state index in [-0.39, 0.29) is 24.6 Å². The van der Waals surface area contributed by atoms with Gasteiger partial charge in [0.25, 0.3) is 0 Å². The van der Waals surface area contributed by atoms with E-state index in [4.69, 9.17) is 4.74 Å². The first-order chi connectivity index (χ1) is 12.9. The molecule has 1 aliphatic heterocycles. The fourth-order valence-corrected chi connectivity index (χ4v) is 4.86. The standard InChI is InChI=1S/C19H28N2O5S/c1-3-12-27(24,25)21-11-7-10-16(14-21)19(23)20-17(13-18(22)26-2)15-8-5-4-6-9-15/h4-6,8-9,16-17H,3,7,10-14H2,1-2H3,(H,20,23)/t16-,17+/m1/s1. The highest BCUT2D eigenvalue weighted by Gasteiger charge is 2.33. The number of piperidine rings is 1. The van der Waals surface area contributed by atoms with Gasteiger partial charge in [0.05, 0.1) is 31.2 Å². The molecule has 27 heavy (non-hydrogen) atoms. The van der Waals surface area contributed by atoms with Crippen LogP contribution in [0.4, 0.5) is 0 Å². The molecule has 0 radical (unpaired) electrons. The number of benzene rings is 1. The summed E-state index contributed by atoms with van der Waals surface area (Å²) in [5, 5.41) is 2.91. The van der Waals surface area contributed by atoms with Gasteiger partial charge in [0, 0.05) is 13.1 Å². The third-order valence-electron chi connectivity index (χ3n) is 4.73. The van der Waals surface area contributed by atoms with Crippen molar-refractivity contribution in [3.63, 3.8) is 0 Å². The lowest BCUT2D eigenvalue weighted by molar-refractivity contribution is -0.141. The first-order valence-electron chi connectivity index (χ1n) is 9.27. The Bertz CT molecular complexity index is 736. The highest BCUT2D eigenvalue weighted by molar-refractivity contribution is 7.89. The van der Waals surface area contributed by atoms with E-state index in [0.29, 0.717) is 25.8 Å². The van der Waals surface area contributed by atoms with Crippen molar-refractivity contribution in [3.05, 3.63) is 35.9 Å². The number of ether oxygens (including phenoxy) is 1. The summed E-state index contributed by atoms with van der Waals surface area (Å²) in [6.45, 7) is 2.47. The van der Waals surface area contributed by atoms with Gasteiger partial charge < -0.3 is 10.1 Å². The van der Waals surface area contributed by atoms with E-state index < -0.39 is 28.0 Å². The second-order valence-corrected chi connectivity index (χ2v) is 8.85. The number of amides is 1. The quantitative estimate of drug-likeness (QED) is 0.677. The van der Waals surface area contributed by atoms with Crippen LogP contribution in [0.1, 0.15) is 44.2 Å². The molecule has 1 saturated heterocycles. The molecule has 2 atom stereocenters. The molecule has 1 fully saturated rings. The molecular weight excluding hydrogens is 368 g/mol. The Morgan fingerprint density at radius 2 is 2.00 bits per heavy atom. The summed E-state index contributed by atoms with van der Waals surface area (Å²) in [5.74, 6) is -0.977. The van der Waals surface area contributed by atoms with E-state index in [0.717, 1.165) is 5.56 Å². The fraction of sp³-hybridized carbons (Fsp3) is 0.579. The second-order valence-electron chi connectivity index (χ2n) is 6.77. The molecule has 1 aromatic carbocycles. The molecule has 0 unspecified atom stereocenters. The lowest BCUT2D eigenvalue weighted by atomic mass is 9.97. The van der Waals surface area contributed by atoms with Crippen molar-refractivity contribution >= 4 is 21.9 Å². The van der Waals surface area contributed by atoms with Crippen LogP contribution in [0.15, 0.2) is 30.3 Å². The number of hydrogen-bond acceptors (Lipinski definition) is 5. The van der Waals surface area contributed by atoms with Gasteiger partial charge in [-0.3, -0.25) is 9.59 Å². The number of sulfonamides is 1. The minimum atomic E-state index is -3.32. The Hall–Kier alpha value is -1.93. The third-order valence-corrected chi connectivity index (χ3v) is 6.77. The predicted molar refractivity (Wildman–Crippen MR) is 102 cm³/mol. The predicted octanol–water partition coefficient (Wildman–Crippen LogP) is 1.86. The maximum Gasteiger partial charge on any atom is 0.307 e. The summed E-state index contributed by atoms with van der Waals surface area (Å²) in [4.78, 5) is 24.5. The number of esters is 1. The van der Waals surface area contributed by atoms with Crippen LogP contribution in [-0.2, 0) is 24.3 Å². The van der Waals surface area contributed by atoms with E-state index in [1.54, 1.807) is 0 Å². The SMILES string of the molecule is CCCS(=O)(=O)N1CCC[C@@H](C(=O)N[C@@H](CC(=O)OC)c2ccccc2)C1. The number of carbonyl (C=O) groups excluding carboxylic acids is 2. The molecule has 8 heteroatoms. The topological polar surface area (TPSA) is 92.8 Å². The molecule has 1 aromatic rings. The average molecular weight is 397 g/mol. The Labute approximate surface area is 161 Å². The molecule has 1 aliphatic rings. The average Bonchev–Trinajstić information content (AvgIpc) is 2.68. The smallest absolute Gasteiger partial charge is 0.307 e. The number of carbonyl (C=O) groups is 2. The van der Waals surface area contributed by atoms with Crippen molar-refractivity contribution in [2.45, 2.75) is 38.6 Å². The summed E-state index contributed by atoms with van der Waals surface area (Å²) in [5.41, 5.74) is 0.808. The minimum Gasteiger partial charge on any atom is -0.469 e. The lowest BCUT2D eigenvalue weighted by Crippen LogP contribution is -2.46. The minimum absolute atomic E-state index is 0.0246. The molecule has 0 bridgehead atoms. The zero-order valence-electron chi connectivity index (χ0n) is 15.9. The first kappa shape index (κ1) is 21.4. The number of nitrogens with zero attached hydrogens (tertiary/aromatic N) is 1. The van der Waals surface area contributed by atoms with Crippen LogP contribution in [0.3, 0.4) is 0 Å². The molecule has 0 aliphatic carbocycles. The zero-order chi connectivity index (χ0) is 19.9. The lowest BCUT2D eigenvalue weighted by Gasteiger charge is -2.32. The molecule has 0 aromatic heterocycles. The van der Waals surface area contributed by atoms with Gasteiger partial charge in [-0.1, -0.05) is 37.3 Å². The van der Waals surface area contributed by atoms with Crippen LogP contribution in [-0.4, -0.2) is 50.6 Å². The van der Waals surface area contributed by atoms with Crippen LogP contribution in [0, 0.1) is 5.92 Å². The molecule has 150 valence electrons. The van der Waals surface area contributed by atoms with Gasteiger partial charge in [-0.25, -0.2) is 12.7 Å². The fourth-order valence-electron chi connectivity index (χ4n) is 3.27. The zero-order valence-corrected chi connectivity index (χ0v) is 16.7. The van der Waals surface area contributed by atoms with Gasteiger partial charge in [0.2, 0.25) is 15.9 Å². The second kappa shape index (κ2) is 9.85. The van der Waals surface area contributed by atoms with Crippen LogP contribution in [0.2, 0.25) is 0 Å². The van der Waals surface area contributed by atoms with Crippen molar-refractivity contribution in [1.82, 2.24) is 9.62 Å². The number of methoxy groups -OCH3 is 1. The molecule has 1 amide bonds. The van der Waals surface area contributed by atoms with E-state index in [9.17, 15) is 18.0 Å². The molecule has 0 saturated carbocycles. The van der Waals surface area contributed by atoms with Gasteiger partial charge in [-0.05, 0) is 24.8 Å². The van der Waals surface area contributed by atoms with Gasteiger partial charge in [0.1, 0.15) is 0 Å². The van der Waals surface area contributed by atoms with Crippen molar-refractivity contribution < 1.29 is 22.7 Å². The van der Waals surface area contributed by atoms with Crippen LogP contribution < -0.4 is 5.32 Å². The van der Waals surface area contributed by atoms with Crippen molar-refractivity contribution in [2.75, 3.05) is 26.0 Å². The molecule has 1 N–H and O–H groups in total. The maximum absolute atomic E-state index is 12.8. The molecule has 0 spiro atoms. The number of hydrogen-bond donors (Lipinski definition) is 1. The van der Waals surface area contributed by atoms with Crippen LogP contribution in [0.25, 0.3) is 0 Å². The normalized spacial score (nSPS) is 19.3. The van der Waals surface area contributed by atoms with Crippen LogP contribution in [0.5, 0.6) is 0 Å². The summed E-state index contributed by atoms with van der Waals surface area (Å²) < 4.78 is 30.8. The van der Waals surface area contributed by atoms with Gasteiger partial charge in [-0.15, -0.1) is 0 Å². The highest BCUT2D eigenvalue weighted by Crippen LogP contribution is 2.23. The first-order valence-corrected chi connectivity index (χ1v) is 10.9. The monoisotopic (exact) mass is 396 g/mol. The summed E-state index contributed by atoms with van der Waals surface area (Å²) >= 11 is 0. The number of nitrogens with one attached hydrogen (secondary N) is 1. The van der Waals surface area contributed by atoms with E-state index in [1.807, 2.05) is 37.3 Å². The molecule has 2 rings (SSSR count).